The molecule has 0 aromatic carbocycles. The lowest BCUT2D eigenvalue weighted by molar-refractivity contribution is -1.07. The van der Waals surface area contributed by atoms with Gasteiger partial charge in [-0.15, -0.1) is 0 Å². The molecule has 0 saturated carbocycles. The van der Waals surface area contributed by atoms with E-state index in [2.05, 4.69) is 4.18 Å². The number of likely N-dealkylation sites (tertiary alicyclic amines) is 1. The molecule has 84 valence electrons. The second-order valence-corrected chi connectivity index (χ2v) is 4.62. The number of rotatable bonds is 5. The van der Waals surface area contributed by atoms with Crippen molar-refractivity contribution in [1.29, 1.82) is 0 Å². The van der Waals surface area contributed by atoms with Crippen molar-refractivity contribution in [2.45, 2.75) is 26.7 Å². The Hall–Kier alpha value is -0.170. The topological polar surface area (TPSA) is 52.6 Å². The van der Waals surface area contributed by atoms with Gasteiger partial charge in [-0.2, -0.15) is 13.1 Å². The van der Waals surface area contributed by atoms with Crippen molar-refractivity contribution >= 4 is 10.4 Å². The second-order valence-electron chi connectivity index (χ2n) is 3.42. The molecule has 6 heteroatoms. The normalized spacial score (nSPS) is 21.3. The van der Waals surface area contributed by atoms with E-state index in [1.54, 1.807) is 6.92 Å². The number of hydrogen-bond donors (Lipinski definition) is 0. The molecule has 0 unspecified atom stereocenters. The van der Waals surface area contributed by atoms with E-state index in [-0.39, 0.29) is 11.3 Å². The Kier molecular flexibility index (Phi) is 3.88. The largest absolute Gasteiger partial charge is 0.444 e. The van der Waals surface area contributed by atoms with Crippen molar-refractivity contribution in [3.05, 3.63) is 0 Å². The zero-order valence-corrected chi connectivity index (χ0v) is 9.55. The summed E-state index contributed by atoms with van der Waals surface area (Å²) in [6.45, 7) is 5.83. The molecule has 1 rings (SSSR count). The highest BCUT2D eigenvalue weighted by molar-refractivity contribution is 7.81. The minimum atomic E-state index is -3.81. The van der Waals surface area contributed by atoms with Gasteiger partial charge in [0.1, 0.15) is 19.6 Å². The molecule has 14 heavy (non-hydrogen) atoms. The Labute approximate surface area is 85.5 Å². The third-order valence-electron chi connectivity index (χ3n) is 2.47. The van der Waals surface area contributed by atoms with Crippen LogP contribution in [0, 0.1) is 0 Å². The molecule has 0 spiro atoms. The molecule has 1 saturated heterocycles. The van der Waals surface area contributed by atoms with Crippen molar-refractivity contribution in [3.8, 4) is 0 Å². The van der Waals surface area contributed by atoms with E-state index in [9.17, 15) is 8.42 Å². The van der Waals surface area contributed by atoms with Crippen LogP contribution < -0.4 is 0 Å². The predicted molar refractivity (Wildman–Crippen MR) is 51.4 cm³/mol. The van der Waals surface area contributed by atoms with Gasteiger partial charge in [-0.05, 0) is 18.1 Å². The quantitative estimate of drug-likeness (QED) is 0.649. The number of hydroxylamine groups is 3. The molecular weight excluding hydrogens is 206 g/mol. The summed E-state index contributed by atoms with van der Waals surface area (Å²) in [6, 6.07) is 0. The molecule has 1 aliphatic rings. The third-order valence-corrected chi connectivity index (χ3v) is 3.49. The van der Waals surface area contributed by atoms with E-state index in [0.717, 1.165) is 25.9 Å². The first-order valence-electron chi connectivity index (χ1n) is 5.00. The van der Waals surface area contributed by atoms with Crippen molar-refractivity contribution in [2.24, 2.45) is 0 Å². The molecular formula is C8H18NO4S+. The highest BCUT2D eigenvalue weighted by Crippen LogP contribution is 2.22. The van der Waals surface area contributed by atoms with Crippen LogP contribution in [0.15, 0.2) is 0 Å². The van der Waals surface area contributed by atoms with Crippen LogP contribution in [0.4, 0.5) is 0 Å². The fourth-order valence-corrected chi connectivity index (χ4v) is 2.69. The fraction of sp³-hybridized carbons (Fsp3) is 1.00. The van der Waals surface area contributed by atoms with Crippen LogP contribution in [0.25, 0.3) is 0 Å². The molecule has 0 radical (unpaired) electrons. The van der Waals surface area contributed by atoms with Gasteiger partial charge in [0.05, 0.1) is 6.61 Å². The molecule has 0 aromatic heterocycles. The van der Waals surface area contributed by atoms with Gasteiger partial charge in [0.2, 0.25) is 0 Å². The van der Waals surface area contributed by atoms with Crippen LogP contribution in [0.5, 0.6) is 0 Å². The van der Waals surface area contributed by atoms with Gasteiger partial charge < -0.3 is 0 Å². The molecule has 0 atom stereocenters. The van der Waals surface area contributed by atoms with Crippen LogP contribution >= 0.6 is 0 Å². The summed E-state index contributed by atoms with van der Waals surface area (Å²) >= 11 is 0. The zero-order valence-electron chi connectivity index (χ0n) is 8.73. The van der Waals surface area contributed by atoms with Crippen molar-refractivity contribution in [3.63, 3.8) is 0 Å². The summed E-state index contributed by atoms with van der Waals surface area (Å²) in [7, 11) is -3.81. The maximum absolute atomic E-state index is 11.3. The highest BCUT2D eigenvalue weighted by Gasteiger charge is 2.38. The minimum absolute atomic E-state index is 0.117. The average Bonchev–Trinajstić information content (AvgIpc) is 2.53. The monoisotopic (exact) mass is 224 g/mol. The summed E-state index contributed by atoms with van der Waals surface area (Å²) in [5.41, 5.74) is 0. The van der Waals surface area contributed by atoms with E-state index >= 15 is 0 Å². The molecule has 0 aliphatic carbocycles. The Bertz CT molecular complexity index is 269. The number of nitrogens with zero attached hydrogens (tertiary/aromatic N) is 1. The maximum atomic E-state index is 11.3. The molecule has 5 nitrogen and oxygen atoms in total. The fourth-order valence-electron chi connectivity index (χ4n) is 1.71. The lowest BCUT2D eigenvalue weighted by atomic mass is 10.4. The maximum Gasteiger partial charge on any atom is 0.444 e. The van der Waals surface area contributed by atoms with Gasteiger partial charge in [-0.1, -0.05) is 0 Å². The van der Waals surface area contributed by atoms with E-state index in [1.807, 2.05) is 6.92 Å². The lowest BCUT2D eigenvalue weighted by Gasteiger charge is -2.27. The van der Waals surface area contributed by atoms with E-state index in [0.29, 0.717) is 6.54 Å². The van der Waals surface area contributed by atoms with Crippen molar-refractivity contribution in [1.82, 2.24) is 0 Å². The highest BCUT2D eigenvalue weighted by atomic mass is 32.3. The number of hydrogen-bond acceptors (Lipinski definition) is 4. The summed E-state index contributed by atoms with van der Waals surface area (Å²) in [4.78, 5) is 0. The van der Waals surface area contributed by atoms with Gasteiger partial charge in [-0.25, -0.2) is 4.18 Å². The predicted octanol–water partition coefficient (Wildman–Crippen LogP) is 0.830. The van der Waals surface area contributed by atoms with Gasteiger partial charge in [0.25, 0.3) is 0 Å². The SMILES string of the molecule is CCOS(=O)(=O)O[N+]1(CC)CCCC1. The van der Waals surface area contributed by atoms with Crippen molar-refractivity contribution < 1.29 is 21.5 Å². The molecule has 0 aromatic rings. The molecule has 1 aliphatic heterocycles. The molecule has 0 amide bonds. The van der Waals surface area contributed by atoms with Crippen LogP contribution in [-0.2, 0) is 18.9 Å². The molecule has 1 fully saturated rings. The van der Waals surface area contributed by atoms with Crippen LogP contribution in [0.3, 0.4) is 0 Å². The molecule has 0 bridgehead atoms. The molecule has 0 N–H and O–H groups in total. The summed E-state index contributed by atoms with van der Waals surface area (Å²) in [5, 5.41) is 0. The summed E-state index contributed by atoms with van der Waals surface area (Å²) < 4.78 is 32.4. The minimum Gasteiger partial charge on any atom is -0.245 e. The van der Waals surface area contributed by atoms with Gasteiger partial charge in [0.15, 0.2) is 0 Å². The standard InChI is InChI=1S/C8H18NO4S/c1-3-9(7-5-6-8-9)13-14(10,11)12-4-2/h3-8H2,1-2H3/q+1. The zero-order chi connectivity index (χ0) is 10.7. The van der Waals surface area contributed by atoms with Crippen LogP contribution in [0.2, 0.25) is 0 Å². The van der Waals surface area contributed by atoms with E-state index < -0.39 is 10.4 Å². The Morgan fingerprint density at radius 1 is 1.21 bits per heavy atom. The first-order chi connectivity index (χ1) is 6.54. The molecule has 1 heterocycles. The first-order valence-corrected chi connectivity index (χ1v) is 6.33. The summed E-state index contributed by atoms with van der Waals surface area (Å²) in [6.07, 6.45) is 2.02. The Balaban J connectivity index is 2.64. The third kappa shape index (κ3) is 2.91. The van der Waals surface area contributed by atoms with Crippen molar-refractivity contribution in [2.75, 3.05) is 26.2 Å². The Morgan fingerprint density at radius 2 is 1.79 bits per heavy atom. The second kappa shape index (κ2) is 4.57. The van der Waals surface area contributed by atoms with E-state index in [1.165, 1.54) is 0 Å². The lowest BCUT2D eigenvalue weighted by Crippen LogP contribution is -2.46. The van der Waals surface area contributed by atoms with Gasteiger partial charge in [0, 0.05) is 12.8 Å². The number of quaternary nitrogens is 1. The smallest absolute Gasteiger partial charge is 0.245 e. The van der Waals surface area contributed by atoms with Crippen LogP contribution in [-0.4, -0.2) is 39.3 Å². The first kappa shape index (κ1) is 11.9. The van der Waals surface area contributed by atoms with Gasteiger partial charge >= 0.3 is 10.4 Å². The average molecular weight is 224 g/mol. The van der Waals surface area contributed by atoms with E-state index in [4.69, 9.17) is 4.28 Å². The van der Waals surface area contributed by atoms with Crippen LogP contribution in [0.1, 0.15) is 26.7 Å². The Morgan fingerprint density at radius 3 is 2.21 bits per heavy atom. The van der Waals surface area contributed by atoms with Gasteiger partial charge in [-0.3, -0.25) is 0 Å². The summed E-state index contributed by atoms with van der Waals surface area (Å²) in [5.74, 6) is 0.